The monoisotopic (exact) mass is 197 g/mol. The molecular weight excluding hydrogens is 180 g/mol. The lowest BCUT2D eigenvalue weighted by atomic mass is 9.98. The van der Waals surface area contributed by atoms with Crippen LogP contribution in [-0.2, 0) is 6.42 Å². The Labute approximate surface area is 91.9 Å². The Hall–Kier alpha value is -1.30. The predicted molar refractivity (Wildman–Crippen MR) is 66.1 cm³/mol. The lowest BCUT2D eigenvalue weighted by Crippen LogP contribution is -1.90. The van der Waals surface area contributed by atoms with Gasteiger partial charge in [0.1, 0.15) is 0 Å². The summed E-state index contributed by atoms with van der Waals surface area (Å²) in [5, 5.41) is 2.55. The van der Waals surface area contributed by atoms with Crippen LogP contribution in [-0.4, -0.2) is 0 Å². The molecule has 0 heteroatoms. The van der Waals surface area contributed by atoms with Crippen LogP contribution < -0.4 is 0 Å². The van der Waals surface area contributed by atoms with Crippen LogP contribution in [0.3, 0.4) is 0 Å². The molecule has 1 radical (unpaired) electrons. The van der Waals surface area contributed by atoms with Crippen molar-refractivity contribution < 1.29 is 0 Å². The second-order valence-corrected chi connectivity index (χ2v) is 4.12. The molecule has 0 aliphatic heterocycles. The van der Waals surface area contributed by atoms with E-state index in [-0.39, 0.29) is 0 Å². The van der Waals surface area contributed by atoms with Gasteiger partial charge in [0.05, 0.1) is 0 Å². The fourth-order valence-electron chi connectivity index (χ4n) is 1.93. The highest BCUT2D eigenvalue weighted by molar-refractivity contribution is 5.83. The highest BCUT2D eigenvalue weighted by Crippen LogP contribution is 2.20. The Bertz CT molecular complexity index is 455. The van der Waals surface area contributed by atoms with Crippen molar-refractivity contribution in [1.82, 2.24) is 0 Å². The van der Waals surface area contributed by atoms with Gasteiger partial charge in [-0.2, -0.15) is 0 Å². The quantitative estimate of drug-likeness (QED) is 0.688. The van der Waals surface area contributed by atoms with E-state index < -0.39 is 0 Å². The molecule has 0 unspecified atom stereocenters. The SMILES string of the molecule is CCCCc1[c]c2ccccc2cc1C. The normalized spacial score (nSPS) is 10.8. The number of hydrogen-bond donors (Lipinski definition) is 0. The summed E-state index contributed by atoms with van der Waals surface area (Å²) in [6.45, 7) is 4.42. The molecule has 15 heavy (non-hydrogen) atoms. The topological polar surface area (TPSA) is 0 Å². The molecule has 0 spiro atoms. The lowest BCUT2D eigenvalue weighted by molar-refractivity contribution is 0.791. The maximum atomic E-state index is 3.53. The zero-order valence-electron chi connectivity index (χ0n) is 9.51. The third-order valence-electron chi connectivity index (χ3n) is 2.87. The highest BCUT2D eigenvalue weighted by atomic mass is 14.1. The van der Waals surface area contributed by atoms with Gasteiger partial charge in [0.25, 0.3) is 0 Å². The van der Waals surface area contributed by atoms with Gasteiger partial charge < -0.3 is 0 Å². The van der Waals surface area contributed by atoms with E-state index in [2.05, 4.69) is 50.2 Å². The molecule has 0 nitrogen and oxygen atoms in total. The first kappa shape index (κ1) is 10.2. The molecule has 2 aromatic carbocycles. The van der Waals surface area contributed by atoms with Gasteiger partial charge >= 0.3 is 0 Å². The van der Waals surface area contributed by atoms with Gasteiger partial charge in [0.15, 0.2) is 0 Å². The Morgan fingerprint density at radius 3 is 2.80 bits per heavy atom. The fourth-order valence-corrected chi connectivity index (χ4v) is 1.93. The first-order valence-corrected chi connectivity index (χ1v) is 5.72. The van der Waals surface area contributed by atoms with Gasteiger partial charge in [-0.25, -0.2) is 0 Å². The standard InChI is InChI=1S/C15H17/c1-3-4-7-13-11-15-9-6-5-8-14(15)10-12(13)2/h5-6,8-10H,3-4,7H2,1-2H3. The second-order valence-electron chi connectivity index (χ2n) is 4.12. The van der Waals surface area contributed by atoms with Crippen LogP contribution in [0.2, 0.25) is 0 Å². The van der Waals surface area contributed by atoms with Crippen LogP contribution in [0.5, 0.6) is 0 Å². The highest BCUT2D eigenvalue weighted by Gasteiger charge is 2.01. The molecule has 0 bridgehead atoms. The summed E-state index contributed by atoms with van der Waals surface area (Å²) in [7, 11) is 0. The first-order chi connectivity index (χ1) is 7.31. The van der Waals surface area contributed by atoms with E-state index in [4.69, 9.17) is 0 Å². The van der Waals surface area contributed by atoms with E-state index in [9.17, 15) is 0 Å². The number of fused-ring (bicyclic) bond motifs is 1. The van der Waals surface area contributed by atoms with Gasteiger partial charge in [-0.1, -0.05) is 43.7 Å². The molecule has 0 aliphatic carbocycles. The van der Waals surface area contributed by atoms with Crippen LogP contribution in [0.25, 0.3) is 10.8 Å². The number of hydrogen-bond acceptors (Lipinski definition) is 0. The molecule has 0 aromatic heterocycles. The molecular formula is C15H17. The van der Waals surface area contributed by atoms with Crippen molar-refractivity contribution in [2.24, 2.45) is 0 Å². The minimum absolute atomic E-state index is 1.16. The fraction of sp³-hybridized carbons (Fsp3) is 0.333. The maximum absolute atomic E-state index is 3.53. The zero-order valence-corrected chi connectivity index (χ0v) is 9.51. The number of unbranched alkanes of at least 4 members (excludes halogenated alkanes) is 1. The van der Waals surface area contributed by atoms with Crippen LogP contribution >= 0.6 is 0 Å². The minimum Gasteiger partial charge on any atom is -0.0654 e. The van der Waals surface area contributed by atoms with Crippen LogP contribution in [0.15, 0.2) is 30.3 Å². The molecule has 0 heterocycles. The van der Waals surface area contributed by atoms with Gasteiger partial charge in [0.2, 0.25) is 0 Å². The van der Waals surface area contributed by atoms with Crippen LogP contribution in [0.4, 0.5) is 0 Å². The largest absolute Gasteiger partial charge is 0.0654 e. The summed E-state index contributed by atoms with van der Waals surface area (Å²) in [5.41, 5.74) is 2.76. The third-order valence-corrected chi connectivity index (χ3v) is 2.87. The summed E-state index contributed by atoms with van der Waals surface area (Å²) in [6, 6.07) is 14.3. The lowest BCUT2D eigenvalue weighted by Gasteiger charge is -2.06. The Morgan fingerprint density at radius 2 is 2.00 bits per heavy atom. The zero-order chi connectivity index (χ0) is 10.7. The molecule has 77 valence electrons. The summed E-state index contributed by atoms with van der Waals surface area (Å²) < 4.78 is 0. The Morgan fingerprint density at radius 1 is 1.20 bits per heavy atom. The van der Waals surface area contributed by atoms with Crippen molar-refractivity contribution in [3.8, 4) is 0 Å². The third kappa shape index (κ3) is 2.20. The molecule has 0 fully saturated rings. The minimum atomic E-state index is 1.16. The predicted octanol–water partition coefficient (Wildman–Crippen LogP) is 4.29. The molecule has 0 amide bonds. The average Bonchev–Trinajstić information content (AvgIpc) is 2.26. The van der Waals surface area contributed by atoms with E-state index in [1.807, 2.05) is 0 Å². The van der Waals surface area contributed by atoms with Crippen molar-refractivity contribution in [3.05, 3.63) is 47.5 Å². The van der Waals surface area contributed by atoms with Crippen molar-refractivity contribution in [1.29, 1.82) is 0 Å². The van der Waals surface area contributed by atoms with Crippen LogP contribution in [0.1, 0.15) is 30.9 Å². The number of aryl methyl sites for hydroxylation is 2. The van der Waals surface area contributed by atoms with E-state index in [1.54, 1.807) is 0 Å². The van der Waals surface area contributed by atoms with Gasteiger partial charge in [-0.05, 0) is 47.7 Å². The molecule has 0 saturated heterocycles. The van der Waals surface area contributed by atoms with E-state index >= 15 is 0 Å². The molecule has 0 aliphatic rings. The van der Waals surface area contributed by atoms with Gasteiger partial charge in [-0.15, -0.1) is 0 Å². The van der Waals surface area contributed by atoms with Gasteiger partial charge in [-0.3, -0.25) is 0 Å². The summed E-state index contributed by atoms with van der Waals surface area (Å²) in [6.07, 6.45) is 3.67. The van der Waals surface area contributed by atoms with E-state index in [1.165, 1.54) is 34.7 Å². The number of benzene rings is 2. The van der Waals surface area contributed by atoms with Crippen molar-refractivity contribution in [2.45, 2.75) is 33.1 Å². The summed E-state index contributed by atoms with van der Waals surface area (Å²) in [5.74, 6) is 0. The smallest absolute Gasteiger partial charge is 0.00616 e. The van der Waals surface area contributed by atoms with E-state index in [0.29, 0.717) is 0 Å². The maximum Gasteiger partial charge on any atom is -0.00616 e. The van der Waals surface area contributed by atoms with Crippen LogP contribution in [0, 0.1) is 13.0 Å². The molecule has 0 saturated carbocycles. The molecule has 0 N–H and O–H groups in total. The summed E-state index contributed by atoms with van der Waals surface area (Å²) in [4.78, 5) is 0. The molecule has 2 aromatic rings. The Kier molecular flexibility index (Phi) is 3.05. The van der Waals surface area contributed by atoms with E-state index in [0.717, 1.165) is 6.42 Å². The molecule has 2 rings (SSSR count). The van der Waals surface area contributed by atoms with Crippen molar-refractivity contribution in [3.63, 3.8) is 0 Å². The second kappa shape index (κ2) is 4.48. The van der Waals surface area contributed by atoms with Gasteiger partial charge in [0, 0.05) is 0 Å². The molecule has 0 atom stereocenters. The Balaban J connectivity index is 2.43. The average molecular weight is 197 g/mol. The summed E-state index contributed by atoms with van der Waals surface area (Å²) >= 11 is 0. The number of rotatable bonds is 3. The van der Waals surface area contributed by atoms with Crippen molar-refractivity contribution in [2.75, 3.05) is 0 Å². The van der Waals surface area contributed by atoms with Crippen molar-refractivity contribution >= 4 is 10.8 Å². The first-order valence-electron chi connectivity index (χ1n) is 5.72.